The van der Waals surface area contributed by atoms with Crippen LogP contribution in [0.15, 0.2) is 12.1 Å². The summed E-state index contributed by atoms with van der Waals surface area (Å²) < 4.78 is 18.5. The number of methoxy groups -OCH3 is 1. The van der Waals surface area contributed by atoms with E-state index >= 15 is 0 Å². The Kier molecular flexibility index (Phi) is 2.88. The molecule has 0 amide bonds. The molecule has 2 nitrogen and oxygen atoms in total. The van der Waals surface area contributed by atoms with E-state index < -0.39 is 0 Å². The number of hydrogen-bond acceptors (Lipinski definition) is 2. The maximum Gasteiger partial charge on any atom is 0.131 e. The van der Waals surface area contributed by atoms with Crippen molar-refractivity contribution in [3.8, 4) is 5.75 Å². The lowest BCUT2D eigenvalue weighted by Gasteiger charge is -2.11. The minimum atomic E-state index is -0.311. The van der Waals surface area contributed by atoms with Crippen molar-refractivity contribution in [1.82, 2.24) is 0 Å². The van der Waals surface area contributed by atoms with E-state index in [1.54, 1.807) is 33.1 Å². The van der Waals surface area contributed by atoms with Gasteiger partial charge >= 0.3 is 0 Å². The molecular formula is C10H14FNO. The lowest BCUT2D eigenvalue weighted by molar-refractivity contribution is 0.411. The van der Waals surface area contributed by atoms with Gasteiger partial charge in [-0.3, -0.25) is 0 Å². The van der Waals surface area contributed by atoms with Gasteiger partial charge < -0.3 is 10.5 Å². The molecule has 0 aliphatic carbocycles. The molecule has 0 aromatic heterocycles. The summed E-state index contributed by atoms with van der Waals surface area (Å²) in [5, 5.41) is 0. The first-order chi connectivity index (χ1) is 6.06. The lowest BCUT2D eigenvalue weighted by Crippen LogP contribution is -2.08. The molecule has 1 atom stereocenters. The minimum Gasteiger partial charge on any atom is -0.497 e. The van der Waals surface area contributed by atoms with E-state index in [1.165, 1.54) is 0 Å². The Balaban J connectivity index is 3.25. The Morgan fingerprint density at radius 2 is 2.08 bits per heavy atom. The van der Waals surface area contributed by atoms with Gasteiger partial charge in [-0.15, -0.1) is 0 Å². The highest BCUT2D eigenvalue weighted by atomic mass is 19.1. The van der Waals surface area contributed by atoms with E-state index in [0.717, 1.165) is 0 Å². The molecule has 72 valence electrons. The van der Waals surface area contributed by atoms with Crippen molar-refractivity contribution in [2.24, 2.45) is 5.73 Å². The molecular weight excluding hydrogens is 169 g/mol. The second-order valence-corrected chi connectivity index (χ2v) is 3.14. The van der Waals surface area contributed by atoms with Gasteiger partial charge in [-0.1, -0.05) is 0 Å². The van der Waals surface area contributed by atoms with Crippen LogP contribution < -0.4 is 10.5 Å². The number of aryl methyl sites for hydroxylation is 1. The van der Waals surface area contributed by atoms with Crippen LogP contribution in [0.2, 0.25) is 0 Å². The normalized spacial score (nSPS) is 12.7. The van der Waals surface area contributed by atoms with Crippen molar-refractivity contribution in [3.05, 3.63) is 29.1 Å². The molecule has 0 aliphatic rings. The van der Waals surface area contributed by atoms with Crippen LogP contribution >= 0.6 is 0 Å². The van der Waals surface area contributed by atoms with Gasteiger partial charge in [0.1, 0.15) is 11.6 Å². The molecule has 0 bridgehead atoms. The van der Waals surface area contributed by atoms with Crippen molar-refractivity contribution in [1.29, 1.82) is 0 Å². The van der Waals surface area contributed by atoms with Crippen LogP contribution in [0, 0.1) is 12.7 Å². The Labute approximate surface area is 77.5 Å². The zero-order valence-electron chi connectivity index (χ0n) is 8.10. The molecule has 0 spiro atoms. The van der Waals surface area contributed by atoms with Crippen LogP contribution in [0.4, 0.5) is 4.39 Å². The summed E-state index contributed by atoms with van der Waals surface area (Å²) in [7, 11) is 1.55. The van der Waals surface area contributed by atoms with Gasteiger partial charge in [0.05, 0.1) is 7.11 Å². The van der Waals surface area contributed by atoms with Crippen LogP contribution in [0.5, 0.6) is 5.75 Å². The van der Waals surface area contributed by atoms with Gasteiger partial charge in [0, 0.05) is 11.6 Å². The summed E-state index contributed by atoms with van der Waals surface area (Å²) in [4.78, 5) is 0. The third-order valence-corrected chi connectivity index (χ3v) is 1.98. The molecule has 0 saturated carbocycles. The monoisotopic (exact) mass is 183 g/mol. The molecule has 0 aliphatic heterocycles. The number of nitrogens with two attached hydrogens (primary N) is 1. The first-order valence-electron chi connectivity index (χ1n) is 4.16. The molecule has 0 saturated heterocycles. The molecule has 1 aromatic carbocycles. The summed E-state index contributed by atoms with van der Waals surface area (Å²) in [6, 6.07) is 2.97. The fourth-order valence-electron chi connectivity index (χ4n) is 1.21. The molecule has 0 radical (unpaired) electrons. The predicted molar refractivity (Wildman–Crippen MR) is 50.3 cm³/mol. The predicted octanol–water partition coefficient (Wildman–Crippen LogP) is 2.16. The average Bonchev–Trinajstić information content (AvgIpc) is 2.09. The van der Waals surface area contributed by atoms with Crippen LogP contribution in [0.1, 0.15) is 24.1 Å². The Hall–Kier alpha value is -1.09. The maximum atomic E-state index is 13.4. The largest absolute Gasteiger partial charge is 0.497 e. The number of ether oxygens (including phenoxy) is 1. The smallest absolute Gasteiger partial charge is 0.131 e. The van der Waals surface area contributed by atoms with Crippen LogP contribution in [-0.2, 0) is 0 Å². The van der Waals surface area contributed by atoms with Gasteiger partial charge in [-0.05, 0) is 31.5 Å². The molecule has 13 heavy (non-hydrogen) atoms. The van der Waals surface area contributed by atoms with Gasteiger partial charge in [0.2, 0.25) is 0 Å². The van der Waals surface area contributed by atoms with Crippen LogP contribution in [0.25, 0.3) is 0 Å². The van der Waals surface area contributed by atoms with Crippen LogP contribution in [-0.4, -0.2) is 7.11 Å². The van der Waals surface area contributed by atoms with Crippen molar-refractivity contribution >= 4 is 0 Å². The van der Waals surface area contributed by atoms with E-state index in [0.29, 0.717) is 16.9 Å². The van der Waals surface area contributed by atoms with Crippen molar-refractivity contribution < 1.29 is 9.13 Å². The number of rotatable bonds is 2. The van der Waals surface area contributed by atoms with Crippen molar-refractivity contribution in [3.63, 3.8) is 0 Å². The first kappa shape index (κ1) is 9.99. The highest BCUT2D eigenvalue weighted by Gasteiger charge is 2.11. The number of benzene rings is 1. The quantitative estimate of drug-likeness (QED) is 0.762. The second kappa shape index (κ2) is 3.75. The highest BCUT2D eigenvalue weighted by molar-refractivity contribution is 5.36. The topological polar surface area (TPSA) is 35.2 Å². The third kappa shape index (κ3) is 1.98. The van der Waals surface area contributed by atoms with Gasteiger partial charge in [-0.25, -0.2) is 4.39 Å². The van der Waals surface area contributed by atoms with Gasteiger partial charge in [-0.2, -0.15) is 0 Å². The molecule has 0 heterocycles. The van der Waals surface area contributed by atoms with E-state index in [1.807, 2.05) is 0 Å². The Morgan fingerprint density at radius 1 is 1.46 bits per heavy atom. The van der Waals surface area contributed by atoms with Crippen molar-refractivity contribution in [2.75, 3.05) is 7.11 Å². The standard InChI is InChI=1S/C10H14FNO/c1-6-4-8(13-3)5-9(7(2)12)10(6)11/h4-5,7H,12H2,1-3H3. The molecule has 0 fully saturated rings. The number of hydrogen-bond donors (Lipinski definition) is 1. The fraction of sp³-hybridized carbons (Fsp3) is 0.400. The summed E-state index contributed by atoms with van der Waals surface area (Å²) in [5.74, 6) is 0.405. The van der Waals surface area contributed by atoms with Crippen molar-refractivity contribution in [2.45, 2.75) is 19.9 Å². The molecule has 1 aromatic rings. The second-order valence-electron chi connectivity index (χ2n) is 3.14. The molecule has 1 rings (SSSR count). The number of halogens is 1. The Morgan fingerprint density at radius 3 is 2.54 bits per heavy atom. The molecule has 1 unspecified atom stereocenters. The van der Waals surface area contributed by atoms with E-state index in [-0.39, 0.29) is 11.9 Å². The van der Waals surface area contributed by atoms with E-state index in [9.17, 15) is 4.39 Å². The van der Waals surface area contributed by atoms with E-state index in [2.05, 4.69) is 0 Å². The third-order valence-electron chi connectivity index (χ3n) is 1.98. The minimum absolute atomic E-state index is 0.240. The zero-order valence-corrected chi connectivity index (χ0v) is 8.10. The van der Waals surface area contributed by atoms with Gasteiger partial charge in [0.25, 0.3) is 0 Å². The summed E-state index contributed by atoms with van der Waals surface area (Å²) in [6.45, 7) is 3.45. The van der Waals surface area contributed by atoms with E-state index in [4.69, 9.17) is 10.5 Å². The SMILES string of the molecule is COc1cc(C)c(F)c(C(C)N)c1. The lowest BCUT2D eigenvalue weighted by atomic mass is 10.0. The maximum absolute atomic E-state index is 13.4. The summed E-state index contributed by atoms with van der Waals surface area (Å²) in [5.41, 5.74) is 6.67. The highest BCUT2D eigenvalue weighted by Crippen LogP contribution is 2.24. The fourth-order valence-corrected chi connectivity index (χ4v) is 1.21. The Bertz CT molecular complexity index is 310. The summed E-state index contributed by atoms with van der Waals surface area (Å²) in [6.07, 6.45) is 0. The van der Waals surface area contributed by atoms with Gasteiger partial charge in [0.15, 0.2) is 0 Å². The van der Waals surface area contributed by atoms with Crippen LogP contribution in [0.3, 0.4) is 0 Å². The summed E-state index contributed by atoms with van der Waals surface area (Å²) >= 11 is 0. The zero-order chi connectivity index (χ0) is 10.0. The molecule has 3 heteroatoms. The first-order valence-corrected chi connectivity index (χ1v) is 4.16. The molecule has 2 N–H and O–H groups in total. The average molecular weight is 183 g/mol.